The van der Waals surface area contributed by atoms with Gasteiger partial charge in [0.15, 0.2) is 5.58 Å². The third-order valence-corrected chi connectivity index (χ3v) is 6.62. The second-order valence-electron chi connectivity index (χ2n) is 7.27. The number of anilines is 1. The summed E-state index contributed by atoms with van der Waals surface area (Å²) in [5.74, 6) is 0.0752. The lowest BCUT2D eigenvalue weighted by Gasteiger charge is -2.30. The fraction of sp³-hybridized carbons (Fsp3) is 0.350. The van der Waals surface area contributed by atoms with Gasteiger partial charge in [-0.15, -0.1) is 0 Å². The van der Waals surface area contributed by atoms with Gasteiger partial charge in [-0.05, 0) is 49.1 Å². The highest BCUT2D eigenvalue weighted by Gasteiger charge is 2.32. The van der Waals surface area contributed by atoms with Crippen LogP contribution in [0.25, 0.3) is 11.1 Å². The minimum atomic E-state index is -4.59. The van der Waals surface area contributed by atoms with Gasteiger partial charge in [-0.2, -0.15) is 18.2 Å². The number of benzene rings is 2. The Balaban J connectivity index is 1.35. The van der Waals surface area contributed by atoms with Crippen LogP contribution in [0.2, 0.25) is 0 Å². The first kappa shape index (κ1) is 20.7. The van der Waals surface area contributed by atoms with Crippen LogP contribution in [0.4, 0.5) is 19.2 Å². The predicted molar refractivity (Wildman–Crippen MR) is 106 cm³/mol. The maximum atomic E-state index is 12.8. The second kappa shape index (κ2) is 7.92. The molecular formula is C20H20F3N3O3S. The first-order valence-electron chi connectivity index (χ1n) is 9.50. The van der Waals surface area contributed by atoms with Crippen molar-refractivity contribution in [2.24, 2.45) is 5.92 Å². The Labute approximate surface area is 171 Å². The number of rotatable bonds is 5. The number of alkyl halides is 3. The Morgan fingerprint density at radius 2 is 1.83 bits per heavy atom. The maximum absolute atomic E-state index is 12.8. The van der Waals surface area contributed by atoms with Gasteiger partial charge in [0.05, 0.1) is 10.5 Å². The molecule has 2 aromatic carbocycles. The van der Waals surface area contributed by atoms with Gasteiger partial charge in [-0.25, -0.2) is 13.1 Å². The van der Waals surface area contributed by atoms with Gasteiger partial charge in [0.2, 0.25) is 10.0 Å². The van der Waals surface area contributed by atoms with Crippen LogP contribution in [0.3, 0.4) is 0 Å². The SMILES string of the molecule is O=S(=O)(NCC1CCN(c2nc3ccccc3o2)CC1)c1cccc(C(F)(F)F)c1. The number of hydrogen-bond donors (Lipinski definition) is 1. The summed E-state index contributed by atoms with van der Waals surface area (Å²) in [6.45, 7) is 1.48. The molecule has 1 fully saturated rings. The first-order chi connectivity index (χ1) is 14.2. The number of hydrogen-bond acceptors (Lipinski definition) is 5. The van der Waals surface area contributed by atoms with Crippen molar-refractivity contribution >= 4 is 27.1 Å². The van der Waals surface area contributed by atoms with Gasteiger partial charge in [-0.3, -0.25) is 0 Å². The van der Waals surface area contributed by atoms with Crippen LogP contribution >= 0.6 is 0 Å². The molecule has 6 nitrogen and oxygen atoms in total. The van der Waals surface area contributed by atoms with E-state index < -0.39 is 21.8 Å². The number of aromatic nitrogens is 1. The average Bonchev–Trinajstić information content (AvgIpc) is 3.16. The van der Waals surface area contributed by atoms with E-state index in [9.17, 15) is 21.6 Å². The molecule has 0 saturated carbocycles. The number of sulfonamides is 1. The highest BCUT2D eigenvalue weighted by molar-refractivity contribution is 7.89. The number of fused-ring (bicyclic) bond motifs is 1. The van der Waals surface area contributed by atoms with Crippen LogP contribution < -0.4 is 9.62 Å². The van der Waals surface area contributed by atoms with Crippen LogP contribution in [0, 0.1) is 5.92 Å². The van der Waals surface area contributed by atoms with Gasteiger partial charge in [0.1, 0.15) is 5.52 Å². The lowest BCUT2D eigenvalue weighted by molar-refractivity contribution is -0.137. The van der Waals surface area contributed by atoms with Crippen molar-refractivity contribution in [3.63, 3.8) is 0 Å². The summed E-state index contributed by atoms with van der Waals surface area (Å²) < 4.78 is 71.6. The van der Waals surface area contributed by atoms with E-state index >= 15 is 0 Å². The van der Waals surface area contributed by atoms with E-state index in [4.69, 9.17) is 4.42 Å². The molecule has 1 N–H and O–H groups in total. The van der Waals surface area contributed by atoms with E-state index in [1.807, 2.05) is 29.2 Å². The molecule has 0 bridgehead atoms. The second-order valence-corrected chi connectivity index (χ2v) is 9.04. The molecule has 0 aliphatic carbocycles. The van der Waals surface area contributed by atoms with Crippen LogP contribution in [-0.2, 0) is 16.2 Å². The van der Waals surface area contributed by atoms with Crippen molar-refractivity contribution in [1.29, 1.82) is 0 Å². The van der Waals surface area contributed by atoms with Gasteiger partial charge in [-0.1, -0.05) is 18.2 Å². The summed E-state index contributed by atoms with van der Waals surface area (Å²) in [4.78, 5) is 6.09. The largest absolute Gasteiger partial charge is 0.423 e. The summed E-state index contributed by atoms with van der Waals surface area (Å²) in [5, 5.41) is 0. The van der Waals surface area contributed by atoms with Crippen molar-refractivity contribution in [2.75, 3.05) is 24.5 Å². The minimum absolute atomic E-state index is 0.0752. The summed E-state index contributed by atoms with van der Waals surface area (Å²) >= 11 is 0. The zero-order valence-corrected chi connectivity index (χ0v) is 16.7. The predicted octanol–water partition coefficient (Wildman–Crippen LogP) is 4.04. The Bertz CT molecular complexity index is 1100. The average molecular weight is 439 g/mol. The first-order valence-corrected chi connectivity index (χ1v) is 11.0. The molecule has 0 unspecified atom stereocenters. The molecule has 1 aliphatic heterocycles. The molecule has 3 aromatic rings. The quantitative estimate of drug-likeness (QED) is 0.649. The minimum Gasteiger partial charge on any atom is -0.423 e. The maximum Gasteiger partial charge on any atom is 0.416 e. The number of nitrogens with zero attached hydrogens (tertiary/aromatic N) is 2. The molecule has 1 saturated heterocycles. The topological polar surface area (TPSA) is 75.4 Å². The monoisotopic (exact) mass is 439 g/mol. The molecule has 1 aromatic heterocycles. The Hall–Kier alpha value is -2.59. The Morgan fingerprint density at radius 3 is 2.53 bits per heavy atom. The normalized spacial score (nSPS) is 16.3. The van der Waals surface area contributed by atoms with Crippen molar-refractivity contribution in [3.05, 3.63) is 54.1 Å². The lowest BCUT2D eigenvalue weighted by Crippen LogP contribution is -2.38. The fourth-order valence-corrected chi connectivity index (χ4v) is 4.64. The van der Waals surface area contributed by atoms with Gasteiger partial charge < -0.3 is 9.32 Å². The van der Waals surface area contributed by atoms with Crippen molar-refractivity contribution in [3.8, 4) is 0 Å². The molecule has 10 heteroatoms. The van der Waals surface area contributed by atoms with Crippen LogP contribution in [0.1, 0.15) is 18.4 Å². The fourth-order valence-electron chi connectivity index (χ4n) is 3.47. The molecule has 1 aliphatic rings. The summed E-state index contributed by atoms with van der Waals surface area (Å²) in [7, 11) is -4.02. The van der Waals surface area contributed by atoms with Crippen LogP contribution in [-0.4, -0.2) is 33.0 Å². The summed E-state index contributed by atoms with van der Waals surface area (Å²) in [5.41, 5.74) is 0.504. The molecule has 30 heavy (non-hydrogen) atoms. The highest BCUT2D eigenvalue weighted by Crippen LogP contribution is 2.31. The van der Waals surface area contributed by atoms with E-state index in [1.54, 1.807) is 0 Å². The van der Waals surface area contributed by atoms with Crippen molar-refractivity contribution in [1.82, 2.24) is 9.71 Å². The van der Waals surface area contributed by atoms with Crippen molar-refractivity contribution < 1.29 is 26.0 Å². The molecule has 0 spiro atoms. The Kier molecular flexibility index (Phi) is 5.46. The van der Waals surface area contributed by atoms with Gasteiger partial charge in [0.25, 0.3) is 6.01 Å². The molecule has 4 rings (SSSR count). The molecule has 0 atom stereocenters. The molecule has 0 amide bonds. The van der Waals surface area contributed by atoms with E-state index in [0.29, 0.717) is 43.6 Å². The molecule has 0 radical (unpaired) electrons. The highest BCUT2D eigenvalue weighted by atomic mass is 32.2. The van der Waals surface area contributed by atoms with Gasteiger partial charge >= 0.3 is 6.18 Å². The number of para-hydroxylation sites is 2. The third-order valence-electron chi connectivity index (χ3n) is 5.20. The zero-order chi connectivity index (χ0) is 21.4. The third kappa shape index (κ3) is 4.44. The summed E-state index contributed by atoms with van der Waals surface area (Å²) in [6, 6.07) is 11.8. The number of nitrogens with one attached hydrogen (secondary N) is 1. The van der Waals surface area contributed by atoms with Crippen LogP contribution in [0.5, 0.6) is 0 Å². The van der Waals surface area contributed by atoms with Gasteiger partial charge in [0, 0.05) is 19.6 Å². The van der Waals surface area contributed by atoms with E-state index in [-0.39, 0.29) is 17.4 Å². The molecule has 2 heterocycles. The smallest absolute Gasteiger partial charge is 0.416 e. The van der Waals surface area contributed by atoms with Crippen LogP contribution in [0.15, 0.2) is 57.8 Å². The Morgan fingerprint density at radius 1 is 1.10 bits per heavy atom. The number of piperidine rings is 1. The molecular weight excluding hydrogens is 419 g/mol. The number of oxazole rings is 1. The lowest BCUT2D eigenvalue weighted by atomic mass is 9.97. The number of halogens is 3. The van der Waals surface area contributed by atoms with E-state index in [2.05, 4.69) is 9.71 Å². The summed E-state index contributed by atoms with van der Waals surface area (Å²) in [6.07, 6.45) is -3.17. The molecule has 160 valence electrons. The standard InChI is InChI=1S/C20H20F3N3O3S/c21-20(22,23)15-4-3-5-16(12-15)30(27,28)24-13-14-8-10-26(11-9-14)19-25-17-6-1-2-7-18(17)29-19/h1-7,12,14,24H,8-11,13H2. The van der Waals surface area contributed by atoms with E-state index in [1.165, 1.54) is 0 Å². The zero-order valence-electron chi connectivity index (χ0n) is 15.9. The van der Waals surface area contributed by atoms with Crippen molar-refractivity contribution in [2.45, 2.75) is 23.9 Å². The van der Waals surface area contributed by atoms with E-state index in [0.717, 1.165) is 23.7 Å².